The minimum atomic E-state index is -3.58. The van der Waals surface area contributed by atoms with Crippen LogP contribution in [-0.4, -0.2) is 25.6 Å². The number of hydrogen-bond acceptors (Lipinski definition) is 5. The van der Waals surface area contributed by atoms with E-state index in [-0.39, 0.29) is 17.3 Å². The highest BCUT2D eigenvalue weighted by atomic mass is 79.9. The van der Waals surface area contributed by atoms with Gasteiger partial charge in [-0.1, -0.05) is 12.1 Å². The fourth-order valence-corrected chi connectivity index (χ4v) is 4.79. The number of pyridine rings is 1. The van der Waals surface area contributed by atoms with Gasteiger partial charge in [0.1, 0.15) is 0 Å². The topological polar surface area (TPSA) is 93.4 Å². The van der Waals surface area contributed by atoms with E-state index >= 15 is 0 Å². The predicted molar refractivity (Wildman–Crippen MR) is 130 cm³/mol. The summed E-state index contributed by atoms with van der Waals surface area (Å²) in [4.78, 5) is 19.7. The first-order chi connectivity index (χ1) is 15.1. The van der Waals surface area contributed by atoms with Crippen LogP contribution in [0.25, 0.3) is 0 Å². The zero-order chi connectivity index (χ0) is 23.0. The van der Waals surface area contributed by atoms with E-state index in [1.165, 1.54) is 4.90 Å². The molecule has 0 atom stereocenters. The molecule has 2 aromatic carbocycles. The van der Waals surface area contributed by atoms with Crippen molar-refractivity contribution in [1.82, 2.24) is 4.98 Å². The summed E-state index contributed by atoms with van der Waals surface area (Å²) in [5.41, 5.74) is 9.87. The van der Waals surface area contributed by atoms with Crippen LogP contribution in [-0.2, 0) is 16.4 Å². The van der Waals surface area contributed by atoms with E-state index in [0.29, 0.717) is 22.9 Å². The van der Waals surface area contributed by atoms with E-state index in [4.69, 9.17) is 5.73 Å². The Labute approximate surface area is 196 Å². The minimum Gasteiger partial charge on any atom is -0.398 e. The number of carbonyl (C=O) groups excluding carboxylic acids is 1. The standard InChI is InChI=1S/C24H24BrN3O3S/c1-15-3-10-22(23(11-15)32(2,30)31)28(14-16-4-8-19(25)20(26)12-16)24(29)18-7-9-21(27-13-18)17-5-6-17/h3-4,7-13,17H,5-6,14,26H2,1-2H3. The normalized spacial score (nSPS) is 13.7. The third kappa shape index (κ3) is 4.86. The molecule has 166 valence electrons. The highest BCUT2D eigenvalue weighted by Gasteiger charge is 2.27. The van der Waals surface area contributed by atoms with E-state index in [1.807, 2.05) is 25.1 Å². The van der Waals surface area contributed by atoms with E-state index in [1.54, 1.807) is 36.5 Å². The predicted octanol–water partition coefficient (Wildman–Crippen LogP) is 4.86. The number of hydrogen-bond donors (Lipinski definition) is 1. The summed E-state index contributed by atoms with van der Waals surface area (Å²) in [6.45, 7) is 1.98. The number of halogens is 1. The second-order valence-electron chi connectivity index (χ2n) is 8.24. The highest BCUT2D eigenvalue weighted by Crippen LogP contribution is 2.39. The molecule has 1 aromatic heterocycles. The SMILES string of the molecule is Cc1ccc(N(Cc2ccc(Br)c(N)c2)C(=O)c2ccc(C3CC3)nc2)c(S(C)(=O)=O)c1. The first kappa shape index (κ1) is 22.5. The monoisotopic (exact) mass is 513 g/mol. The fraction of sp³-hybridized carbons (Fsp3) is 0.250. The van der Waals surface area contributed by atoms with Gasteiger partial charge in [0.05, 0.1) is 22.7 Å². The lowest BCUT2D eigenvalue weighted by molar-refractivity contribution is 0.0984. The Morgan fingerprint density at radius 2 is 1.91 bits per heavy atom. The van der Waals surface area contributed by atoms with Crippen LogP contribution in [0.5, 0.6) is 0 Å². The fourth-order valence-electron chi connectivity index (χ4n) is 3.59. The first-order valence-electron chi connectivity index (χ1n) is 10.3. The van der Waals surface area contributed by atoms with Gasteiger partial charge in [-0.2, -0.15) is 0 Å². The Kier molecular flexibility index (Phi) is 6.09. The molecule has 0 aliphatic heterocycles. The molecule has 1 amide bonds. The van der Waals surface area contributed by atoms with Gasteiger partial charge in [0.15, 0.2) is 9.84 Å². The largest absolute Gasteiger partial charge is 0.398 e. The van der Waals surface area contributed by atoms with Gasteiger partial charge in [0.2, 0.25) is 0 Å². The van der Waals surface area contributed by atoms with Crippen LogP contribution in [0.1, 0.15) is 45.9 Å². The second-order valence-corrected chi connectivity index (χ2v) is 11.1. The van der Waals surface area contributed by atoms with E-state index in [2.05, 4.69) is 20.9 Å². The average molecular weight is 514 g/mol. The van der Waals surface area contributed by atoms with Crippen molar-refractivity contribution in [2.45, 2.75) is 37.1 Å². The lowest BCUT2D eigenvalue weighted by Gasteiger charge is -2.25. The van der Waals surface area contributed by atoms with Gasteiger partial charge in [-0.25, -0.2) is 8.42 Å². The van der Waals surface area contributed by atoms with Crippen molar-refractivity contribution < 1.29 is 13.2 Å². The molecule has 8 heteroatoms. The molecule has 1 aliphatic rings. The molecule has 0 radical (unpaired) electrons. The molecule has 0 saturated heterocycles. The van der Waals surface area contributed by atoms with E-state index in [0.717, 1.165) is 40.4 Å². The lowest BCUT2D eigenvalue weighted by Crippen LogP contribution is -2.32. The maximum atomic E-state index is 13.6. The number of carbonyl (C=O) groups is 1. The molecule has 2 N–H and O–H groups in total. The van der Waals surface area contributed by atoms with Crippen molar-refractivity contribution in [3.8, 4) is 0 Å². The van der Waals surface area contributed by atoms with Gasteiger partial charge in [-0.15, -0.1) is 0 Å². The molecule has 3 aromatic rings. The summed E-state index contributed by atoms with van der Waals surface area (Å²) < 4.78 is 25.9. The number of benzene rings is 2. The Hall–Kier alpha value is -2.71. The number of nitrogens with two attached hydrogens (primary N) is 1. The molecule has 1 fully saturated rings. The van der Waals surface area contributed by atoms with Gasteiger partial charge in [-0.3, -0.25) is 9.78 Å². The van der Waals surface area contributed by atoms with E-state index in [9.17, 15) is 13.2 Å². The number of nitrogens with zero attached hydrogens (tertiary/aromatic N) is 2. The lowest BCUT2D eigenvalue weighted by atomic mass is 10.1. The smallest absolute Gasteiger partial charge is 0.260 e. The van der Waals surface area contributed by atoms with Crippen LogP contribution in [0.4, 0.5) is 11.4 Å². The summed E-state index contributed by atoms with van der Waals surface area (Å²) in [5.74, 6) is 0.157. The summed E-state index contributed by atoms with van der Waals surface area (Å²) >= 11 is 3.38. The molecular weight excluding hydrogens is 490 g/mol. The number of rotatable bonds is 6. The number of amides is 1. The number of nitrogen functional groups attached to an aromatic ring is 1. The maximum absolute atomic E-state index is 13.6. The van der Waals surface area contributed by atoms with Gasteiger partial charge < -0.3 is 10.6 Å². The average Bonchev–Trinajstić information content (AvgIpc) is 3.59. The number of aromatic nitrogens is 1. The summed E-state index contributed by atoms with van der Waals surface area (Å²) in [7, 11) is -3.58. The Morgan fingerprint density at radius 1 is 1.16 bits per heavy atom. The quantitative estimate of drug-likeness (QED) is 0.474. The summed E-state index contributed by atoms with van der Waals surface area (Å²) in [5, 5.41) is 0. The zero-order valence-corrected chi connectivity index (χ0v) is 20.3. The van der Waals surface area contributed by atoms with Crippen molar-refractivity contribution in [1.29, 1.82) is 0 Å². The maximum Gasteiger partial charge on any atom is 0.260 e. The molecule has 0 spiro atoms. The molecule has 1 heterocycles. The third-order valence-electron chi connectivity index (χ3n) is 5.48. The Balaban J connectivity index is 1.79. The molecule has 0 bridgehead atoms. The highest BCUT2D eigenvalue weighted by molar-refractivity contribution is 9.10. The molecular formula is C24H24BrN3O3S. The number of sulfone groups is 1. The van der Waals surface area contributed by atoms with Crippen molar-refractivity contribution in [2.24, 2.45) is 0 Å². The van der Waals surface area contributed by atoms with Crippen LogP contribution >= 0.6 is 15.9 Å². The Morgan fingerprint density at radius 3 is 2.50 bits per heavy atom. The molecule has 32 heavy (non-hydrogen) atoms. The molecule has 6 nitrogen and oxygen atoms in total. The summed E-state index contributed by atoms with van der Waals surface area (Å²) in [6, 6.07) is 14.2. The van der Waals surface area contributed by atoms with Crippen LogP contribution in [0.3, 0.4) is 0 Å². The minimum absolute atomic E-state index is 0.110. The van der Waals surface area contributed by atoms with Crippen LogP contribution in [0, 0.1) is 6.92 Å². The zero-order valence-electron chi connectivity index (χ0n) is 17.9. The van der Waals surface area contributed by atoms with Gasteiger partial charge in [-0.05, 0) is 83.2 Å². The van der Waals surface area contributed by atoms with Crippen molar-refractivity contribution in [3.05, 3.63) is 81.6 Å². The molecule has 4 rings (SSSR count). The molecule has 1 saturated carbocycles. The number of aryl methyl sites for hydroxylation is 1. The molecule has 0 unspecified atom stereocenters. The second kappa shape index (κ2) is 8.67. The van der Waals surface area contributed by atoms with Crippen molar-refractivity contribution >= 4 is 43.0 Å². The van der Waals surface area contributed by atoms with E-state index < -0.39 is 9.84 Å². The first-order valence-corrected chi connectivity index (χ1v) is 12.9. The summed E-state index contributed by atoms with van der Waals surface area (Å²) in [6.07, 6.45) is 4.97. The van der Waals surface area contributed by atoms with Crippen LogP contribution in [0.2, 0.25) is 0 Å². The van der Waals surface area contributed by atoms with Gasteiger partial charge >= 0.3 is 0 Å². The van der Waals surface area contributed by atoms with Crippen molar-refractivity contribution in [3.63, 3.8) is 0 Å². The van der Waals surface area contributed by atoms with Crippen molar-refractivity contribution in [2.75, 3.05) is 16.9 Å². The number of anilines is 2. The third-order valence-corrected chi connectivity index (χ3v) is 7.33. The van der Waals surface area contributed by atoms with Crippen LogP contribution < -0.4 is 10.6 Å². The van der Waals surface area contributed by atoms with Gasteiger partial charge in [0, 0.05) is 34.2 Å². The Bertz CT molecular complexity index is 1290. The van der Waals surface area contributed by atoms with Crippen LogP contribution in [0.15, 0.2) is 64.1 Å². The molecule has 1 aliphatic carbocycles. The van der Waals surface area contributed by atoms with Gasteiger partial charge in [0.25, 0.3) is 5.91 Å².